The zero-order valence-electron chi connectivity index (χ0n) is 12.7. The fourth-order valence-corrected chi connectivity index (χ4v) is 2.58. The monoisotopic (exact) mass is 303 g/mol. The lowest BCUT2D eigenvalue weighted by Crippen LogP contribution is -2.49. The number of esters is 2. The lowest BCUT2D eigenvalue weighted by molar-refractivity contribution is -0.174. The highest BCUT2D eigenvalue weighted by Gasteiger charge is 2.55. The summed E-state index contributed by atoms with van der Waals surface area (Å²) in [6.45, 7) is 3.83. The average molecular weight is 303 g/mol. The minimum Gasteiger partial charge on any atom is -0.456 e. The predicted octanol–water partition coefficient (Wildman–Crippen LogP) is -0.602. The number of rotatable bonds is 5. The van der Waals surface area contributed by atoms with Crippen LogP contribution in [0.3, 0.4) is 0 Å². The summed E-state index contributed by atoms with van der Waals surface area (Å²) >= 11 is 0. The maximum Gasteiger partial charge on any atom is 0.303 e. The molecular formula is C13H21NO7. The minimum atomic E-state index is -0.863. The molecule has 1 amide bonds. The number of methoxy groups -OCH3 is 2. The van der Waals surface area contributed by atoms with Gasteiger partial charge in [-0.1, -0.05) is 0 Å². The summed E-state index contributed by atoms with van der Waals surface area (Å²) in [5.41, 5.74) is 0. The molecule has 0 saturated heterocycles. The molecule has 5 atom stereocenters. The topological polar surface area (TPSA) is 100 Å². The van der Waals surface area contributed by atoms with Crippen LogP contribution >= 0.6 is 0 Å². The number of hydrogen-bond acceptors (Lipinski definition) is 7. The quantitative estimate of drug-likeness (QED) is 0.677. The van der Waals surface area contributed by atoms with Crippen LogP contribution in [0.5, 0.6) is 0 Å². The van der Waals surface area contributed by atoms with Gasteiger partial charge < -0.3 is 24.3 Å². The van der Waals surface area contributed by atoms with E-state index in [2.05, 4.69) is 5.32 Å². The summed E-state index contributed by atoms with van der Waals surface area (Å²) in [6, 6.07) is -0.605. The van der Waals surface area contributed by atoms with E-state index in [9.17, 15) is 14.4 Å². The molecule has 0 bridgehead atoms. The molecule has 0 radical (unpaired) electrons. The van der Waals surface area contributed by atoms with Crippen molar-refractivity contribution < 1.29 is 33.3 Å². The van der Waals surface area contributed by atoms with Crippen LogP contribution < -0.4 is 5.32 Å². The van der Waals surface area contributed by atoms with Gasteiger partial charge in [-0.05, 0) is 0 Å². The Kier molecular flexibility index (Phi) is 6.10. The van der Waals surface area contributed by atoms with Crippen LogP contribution in [0.1, 0.15) is 20.8 Å². The molecule has 8 nitrogen and oxygen atoms in total. The van der Waals surface area contributed by atoms with Gasteiger partial charge in [0.15, 0.2) is 12.2 Å². The largest absolute Gasteiger partial charge is 0.456 e. The zero-order chi connectivity index (χ0) is 16.2. The van der Waals surface area contributed by atoms with Crippen LogP contribution in [0.2, 0.25) is 0 Å². The van der Waals surface area contributed by atoms with Gasteiger partial charge in [0.05, 0.1) is 6.04 Å². The third-order valence-corrected chi connectivity index (χ3v) is 3.20. The zero-order valence-corrected chi connectivity index (χ0v) is 12.7. The lowest BCUT2D eigenvalue weighted by Gasteiger charge is -2.24. The Morgan fingerprint density at radius 3 is 1.38 bits per heavy atom. The molecule has 0 aromatic rings. The highest BCUT2D eigenvalue weighted by Crippen LogP contribution is 2.31. The van der Waals surface area contributed by atoms with Crippen LogP contribution in [-0.2, 0) is 33.3 Å². The molecule has 0 aromatic heterocycles. The Labute approximate surface area is 123 Å². The standard InChI is InChI=1S/C13H21NO7/c1-6(15)14-9-10(18-4)12(20-7(2)16)13(11(9)19-5)21-8(3)17/h9-13H,1-5H3,(H,14,15)/t9?,10-,11-,12-,13+/m1/s1. The van der Waals surface area contributed by atoms with E-state index in [4.69, 9.17) is 18.9 Å². The van der Waals surface area contributed by atoms with E-state index in [0.29, 0.717) is 0 Å². The summed E-state index contributed by atoms with van der Waals surface area (Å²) in [5.74, 6) is -1.38. The van der Waals surface area contributed by atoms with E-state index in [1.165, 1.54) is 35.0 Å². The van der Waals surface area contributed by atoms with Gasteiger partial charge in [0.25, 0.3) is 0 Å². The molecule has 1 saturated carbocycles. The normalized spacial score (nSPS) is 31.6. The molecule has 21 heavy (non-hydrogen) atoms. The van der Waals surface area contributed by atoms with E-state index in [-0.39, 0.29) is 5.91 Å². The van der Waals surface area contributed by atoms with Gasteiger partial charge >= 0.3 is 11.9 Å². The van der Waals surface area contributed by atoms with Gasteiger partial charge in [0.2, 0.25) is 5.91 Å². The molecule has 0 heterocycles. The number of carbonyl (C=O) groups is 3. The van der Waals surface area contributed by atoms with Gasteiger partial charge in [-0.15, -0.1) is 0 Å². The summed E-state index contributed by atoms with van der Waals surface area (Å²) in [6.07, 6.45) is -3.10. The maximum atomic E-state index is 11.3. The van der Waals surface area contributed by atoms with E-state index in [1.807, 2.05) is 0 Å². The molecule has 1 aliphatic carbocycles. The summed E-state index contributed by atoms with van der Waals surface area (Å²) < 4.78 is 21.0. The molecule has 0 spiro atoms. The van der Waals surface area contributed by atoms with Crippen molar-refractivity contribution in [2.45, 2.75) is 51.2 Å². The van der Waals surface area contributed by atoms with Crippen LogP contribution in [0, 0.1) is 0 Å². The van der Waals surface area contributed by atoms with Crippen molar-refractivity contribution in [2.24, 2.45) is 0 Å². The fraction of sp³-hybridized carbons (Fsp3) is 0.769. The van der Waals surface area contributed by atoms with Gasteiger partial charge in [-0.3, -0.25) is 14.4 Å². The molecule has 1 unspecified atom stereocenters. The third kappa shape index (κ3) is 4.15. The highest BCUT2D eigenvalue weighted by molar-refractivity contribution is 5.73. The van der Waals surface area contributed by atoms with Gasteiger partial charge in [0, 0.05) is 35.0 Å². The molecule has 1 aliphatic rings. The Balaban J connectivity index is 3.11. The lowest BCUT2D eigenvalue weighted by atomic mass is 10.1. The second-order valence-corrected chi connectivity index (χ2v) is 4.78. The van der Waals surface area contributed by atoms with Gasteiger partial charge in [-0.25, -0.2) is 0 Å². The van der Waals surface area contributed by atoms with Crippen LogP contribution in [-0.4, -0.2) is 62.5 Å². The molecule has 120 valence electrons. The van der Waals surface area contributed by atoms with Crippen molar-refractivity contribution in [2.75, 3.05) is 14.2 Å². The SMILES string of the molecule is CO[C@@H]1C(NC(C)=O)[C@@H](OC)[C@@H](OC(C)=O)[C@H]1OC(C)=O. The Morgan fingerprint density at radius 2 is 1.14 bits per heavy atom. The molecule has 1 fully saturated rings. The number of amides is 1. The first-order valence-electron chi connectivity index (χ1n) is 6.49. The van der Waals surface area contributed by atoms with Crippen molar-refractivity contribution in [1.29, 1.82) is 0 Å². The first kappa shape index (κ1) is 17.4. The molecule has 1 rings (SSSR count). The second-order valence-electron chi connectivity index (χ2n) is 4.78. The van der Waals surface area contributed by atoms with Crippen molar-refractivity contribution in [3.05, 3.63) is 0 Å². The summed E-state index contributed by atoms with van der Waals surface area (Å²) in [5, 5.41) is 2.68. The van der Waals surface area contributed by atoms with Crippen molar-refractivity contribution in [1.82, 2.24) is 5.32 Å². The Bertz CT molecular complexity index is 381. The fourth-order valence-electron chi connectivity index (χ4n) is 2.58. The van der Waals surface area contributed by atoms with E-state index in [1.54, 1.807) is 0 Å². The third-order valence-electron chi connectivity index (χ3n) is 3.20. The van der Waals surface area contributed by atoms with E-state index in [0.717, 1.165) is 0 Å². The van der Waals surface area contributed by atoms with Crippen LogP contribution in [0.4, 0.5) is 0 Å². The molecule has 8 heteroatoms. The first-order valence-corrected chi connectivity index (χ1v) is 6.49. The first-order chi connectivity index (χ1) is 9.81. The number of nitrogens with one attached hydrogen (secondary N) is 1. The summed E-state index contributed by atoms with van der Waals surface area (Å²) in [4.78, 5) is 33.9. The van der Waals surface area contributed by atoms with Crippen molar-refractivity contribution >= 4 is 17.8 Å². The van der Waals surface area contributed by atoms with E-state index < -0.39 is 42.4 Å². The van der Waals surface area contributed by atoms with Crippen molar-refractivity contribution in [3.63, 3.8) is 0 Å². The summed E-state index contributed by atoms with van der Waals surface area (Å²) in [7, 11) is 2.83. The average Bonchev–Trinajstić information content (AvgIpc) is 2.60. The minimum absolute atomic E-state index is 0.297. The molecular weight excluding hydrogens is 282 g/mol. The maximum absolute atomic E-state index is 11.3. The number of carbonyl (C=O) groups excluding carboxylic acids is 3. The Hall–Kier alpha value is -1.67. The second kappa shape index (κ2) is 7.37. The smallest absolute Gasteiger partial charge is 0.303 e. The molecule has 0 aliphatic heterocycles. The predicted molar refractivity (Wildman–Crippen MR) is 70.3 cm³/mol. The van der Waals surface area contributed by atoms with Crippen LogP contribution in [0.25, 0.3) is 0 Å². The van der Waals surface area contributed by atoms with Crippen molar-refractivity contribution in [3.8, 4) is 0 Å². The van der Waals surface area contributed by atoms with Gasteiger partial charge in [-0.2, -0.15) is 0 Å². The van der Waals surface area contributed by atoms with Gasteiger partial charge in [0.1, 0.15) is 12.2 Å². The highest BCUT2D eigenvalue weighted by atomic mass is 16.6. The number of hydrogen-bond donors (Lipinski definition) is 1. The van der Waals surface area contributed by atoms with Crippen LogP contribution in [0.15, 0.2) is 0 Å². The molecule has 0 aromatic carbocycles. The Morgan fingerprint density at radius 1 is 0.762 bits per heavy atom. The molecule has 1 N–H and O–H groups in total. The van der Waals surface area contributed by atoms with E-state index >= 15 is 0 Å². The number of ether oxygens (including phenoxy) is 4.